The van der Waals surface area contributed by atoms with Crippen LogP contribution in [0.4, 0.5) is 0 Å². The molecule has 0 saturated heterocycles. The third-order valence-electron chi connectivity index (χ3n) is 1.84. The number of halogens is 1. The molecule has 0 heterocycles. The molecule has 1 nitrogen and oxygen atoms in total. The molecule has 0 fully saturated rings. The topological polar surface area (TPSA) is 17.1 Å². The van der Waals surface area contributed by atoms with E-state index in [9.17, 15) is 4.79 Å². The fourth-order valence-electron chi connectivity index (χ4n) is 1.10. The maximum Gasteiger partial charge on any atom is 0.248 e. The Bertz CT molecular complexity index is 314. The van der Waals surface area contributed by atoms with Crippen molar-refractivity contribution in [2.75, 3.05) is 0 Å². The molecule has 0 aliphatic heterocycles. The van der Waals surface area contributed by atoms with E-state index in [1.54, 1.807) is 6.08 Å². The fraction of sp³-hybridized carbons (Fsp3) is 0.182. The van der Waals surface area contributed by atoms with Crippen LogP contribution in [0.2, 0.25) is 0 Å². The molecule has 0 saturated carbocycles. The highest BCUT2D eigenvalue weighted by Gasteiger charge is 2.04. The number of allylic oxidation sites excluding steroid dienone is 2. The van der Waals surface area contributed by atoms with Crippen molar-refractivity contribution in [2.24, 2.45) is 0 Å². The van der Waals surface area contributed by atoms with Crippen LogP contribution in [0, 0.1) is 0 Å². The molecule has 0 aliphatic carbocycles. The zero-order valence-corrected chi connectivity index (χ0v) is 8.21. The minimum absolute atomic E-state index is 0.369. The second-order valence-corrected chi connectivity index (χ2v) is 3.09. The molecule has 2 heteroatoms. The second kappa shape index (κ2) is 4.83. The molecule has 0 bridgehead atoms. The number of carbonyl (C=O) groups is 1. The van der Waals surface area contributed by atoms with Gasteiger partial charge in [-0.05, 0) is 24.1 Å². The fourth-order valence-corrected chi connectivity index (χ4v) is 1.28. The predicted octanol–water partition coefficient (Wildman–Crippen LogP) is 2.94. The first kappa shape index (κ1) is 10.0. The lowest BCUT2D eigenvalue weighted by Gasteiger charge is -2.00. The minimum atomic E-state index is -0.369. The van der Waals surface area contributed by atoms with Crippen LogP contribution in [0.5, 0.6) is 0 Å². The molecule has 0 N–H and O–H groups in total. The van der Waals surface area contributed by atoms with Crippen molar-refractivity contribution in [3.8, 4) is 0 Å². The first-order chi connectivity index (χ1) is 6.24. The average molecular weight is 195 g/mol. The first-order valence-electron chi connectivity index (χ1n) is 4.13. The summed E-state index contributed by atoms with van der Waals surface area (Å²) in [5.41, 5.74) is 1.75. The van der Waals surface area contributed by atoms with Gasteiger partial charge in [0.1, 0.15) is 0 Å². The molecule has 0 aromatic heterocycles. The quantitative estimate of drug-likeness (QED) is 0.534. The first-order valence-corrected chi connectivity index (χ1v) is 4.50. The monoisotopic (exact) mass is 194 g/mol. The number of benzene rings is 1. The van der Waals surface area contributed by atoms with Crippen LogP contribution in [0.15, 0.2) is 42.0 Å². The van der Waals surface area contributed by atoms with E-state index in [-0.39, 0.29) is 5.24 Å². The van der Waals surface area contributed by atoms with Crippen LogP contribution in [-0.2, 0) is 11.2 Å². The Hall–Kier alpha value is -1.08. The van der Waals surface area contributed by atoms with Gasteiger partial charge in [0.05, 0.1) is 0 Å². The third kappa shape index (κ3) is 3.03. The van der Waals surface area contributed by atoms with Crippen LogP contribution in [0.25, 0.3) is 0 Å². The maximum absolute atomic E-state index is 10.9. The van der Waals surface area contributed by atoms with Gasteiger partial charge in [-0.2, -0.15) is 0 Å². The Balaban J connectivity index is 2.74. The molecular weight excluding hydrogens is 184 g/mol. The Morgan fingerprint density at radius 3 is 2.46 bits per heavy atom. The predicted molar refractivity (Wildman–Crippen MR) is 54.8 cm³/mol. The summed E-state index contributed by atoms with van der Waals surface area (Å²) in [4.78, 5) is 10.9. The third-order valence-corrected chi connectivity index (χ3v) is 2.08. The molecule has 13 heavy (non-hydrogen) atoms. The second-order valence-electron chi connectivity index (χ2n) is 2.75. The Morgan fingerprint density at radius 2 is 2.00 bits per heavy atom. The summed E-state index contributed by atoms with van der Waals surface area (Å²) in [6.07, 6.45) is 2.36. The molecule has 0 amide bonds. The normalized spacial score (nSPS) is 11.4. The summed E-state index contributed by atoms with van der Waals surface area (Å²) < 4.78 is 0. The van der Waals surface area contributed by atoms with Gasteiger partial charge in [0.15, 0.2) is 0 Å². The van der Waals surface area contributed by atoms with E-state index in [0.717, 1.165) is 5.56 Å². The summed E-state index contributed by atoms with van der Waals surface area (Å²) >= 11 is 5.39. The molecular formula is C11H11ClO. The van der Waals surface area contributed by atoms with E-state index < -0.39 is 0 Å². The van der Waals surface area contributed by atoms with E-state index in [1.807, 2.05) is 37.3 Å². The Morgan fingerprint density at radius 1 is 1.38 bits per heavy atom. The molecule has 0 spiro atoms. The molecule has 0 atom stereocenters. The van der Waals surface area contributed by atoms with Crippen LogP contribution >= 0.6 is 11.6 Å². The molecule has 0 aliphatic rings. The van der Waals surface area contributed by atoms with Crippen LogP contribution in [-0.4, -0.2) is 5.24 Å². The zero-order valence-electron chi connectivity index (χ0n) is 7.46. The molecule has 68 valence electrons. The van der Waals surface area contributed by atoms with E-state index in [1.165, 1.54) is 0 Å². The highest BCUT2D eigenvalue weighted by Crippen LogP contribution is 2.10. The van der Waals surface area contributed by atoms with E-state index in [0.29, 0.717) is 12.0 Å². The Kier molecular flexibility index (Phi) is 3.71. The summed E-state index contributed by atoms with van der Waals surface area (Å²) in [5, 5.41) is -0.369. The summed E-state index contributed by atoms with van der Waals surface area (Å²) in [5.74, 6) is 0. The molecule has 1 aromatic carbocycles. The van der Waals surface area contributed by atoms with Crippen molar-refractivity contribution in [2.45, 2.75) is 13.3 Å². The maximum atomic E-state index is 10.9. The lowest BCUT2D eigenvalue weighted by molar-refractivity contribution is -0.108. The van der Waals surface area contributed by atoms with Gasteiger partial charge in [-0.3, -0.25) is 4.79 Å². The van der Waals surface area contributed by atoms with E-state index in [4.69, 9.17) is 11.6 Å². The summed E-state index contributed by atoms with van der Waals surface area (Å²) in [6.45, 7) is 1.82. The Labute approximate surface area is 83.0 Å². The van der Waals surface area contributed by atoms with Crippen LogP contribution < -0.4 is 0 Å². The number of rotatable bonds is 3. The standard InChI is InChI=1S/C11H11ClO/c1-2-10(11(12)13)8-9-6-4-3-5-7-9/h2-7H,8H2,1H3/b10-2+. The van der Waals surface area contributed by atoms with Crippen molar-refractivity contribution in [3.05, 3.63) is 47.5 Å². The SMILES string of the molecule is C/C=C(\Cc1ccccc1)C(=O)Cl. The minimum Gasteiger partial charge on any atom is -0.276 e. The lowest BCUT2D eigenvalue weighted by Crippen LogP contribution is -1.97. The van der Waals surface area contributed by atoms with E-state index >= 15 is 0 Å². The molecule has 1 rings (SSSR count). The number of carbonyl (C=O) groups excluding carboxylic acids is 1. The van der Waals surface area contributed by atoms with E-state index in [2.05, 4.69) is 0 Å². The highest BCUT2D eigenvalue weighted by molar-refractivity contribution is 6.67. The smallest absolute Gasteiger partial charge is 0.248 e. The van der Waals surface area contributed by atoms with Crippen molar-refractivity contribution < 1.29 is 4.79 Å². The molecule has 0 radical (unpaired) electrons. The highest BCUT2D eigenvalue weighted by atomic mass is 35.5. The zero-order chi connectivity index (χ0) is 9.68. The van der Waals surface area contributed by atoms with Gasteiger partial charge >= 0.3 is 0 Å². The van der Waals surface area contributed by atoms with Crippen molar-refractivity contribution >= 4 is 16.8 Å². The summed E-state index contributed by atoms with van der Waals surface area (Å²) in [6, 6.07) is 9.79. The largest absolute Gasteiger partial charge is 0.276 e. The number of hydrogen-bond acceptors (Lipinski definition) is 1. The van der Waals surface area contributed by atoms with Gasteiger partial charge in [-0.25, -0.2) is 0 Å². The van der Waals surface area contributed by atoms with Crippen molar-refractivity contribution in [1.29, 1.82) is 0 Å². The lowest BCUT2D eigenvalue weighted by atomic mass is 10.1. The van der Waals surface area contributed by atoms with Gasteiger partial charge in [-0.1, -0.05) is 36.4 Å². The molecule has 0 unspecified atom stereocenters. The molecule has 1 aromatic rings. The van der Waals surface area contributed by atoms with Gasteiger partial charge in [0.2, 0.25) is 5.24 Å². The van der Waals surface area contributed by atoms with Crippen molar-refractivity contribution in [1.82, 2.24) is 0 Å². The summed E-state index contributed by atoms with van der Waals surface area (Å²) in [7, 11) is 0. The average Bonchev–Trinajstić information content (AvgIpc) is 2.15. The van der Waals surface area contributed by atoms with Gasteiger partial charge in [0, 0.05) is 12.0 Å². The van der Waals surface area contributed by atoms with Crippen molar-refractivity contribution in [3.63, 3.8) is 0 Å². The number of hydrogen-bond donors (Lipinski definition) is 0. The van der Waals surface area contributed by atoms with Crippen LogP contribution in [0.1, 0.15) is 12.5 Å². The van der Waals surface area contributed by atoms with Crippen LogP contribution in [0.3, 0.4) is 0 Å². The van der Waals surface area contributed by atoms with Gasteiger partial charge in [-0.15, -0.1) is 0 Å². The van der Waals surface area contributed by atoms with Gasteiger partial charge in [0.25, 0.3) is 0 Å². The van der Waals surface area contributed by atoms with Gasteiger partial charge < -0.3 is 0 Å².